The summed E-state index contributed by atoms with van der Waals surface area (Å²) in [5.74, 6) is 1.16. The normalized spacial score (nSPS) is 15.4. The number of rotatable bonds is 6. The van der Waals surface area contributed by atoms with Gasteiger partial charge in [0.15, 0.2) is 5.78 Å². The quantitative estimate of drug-likeness (QED) is 0.222. The molecule has 4 nitrogen and oxygen atoms in total. The Bertz CT molecular complexity index is 1440. The van der Waals surface area contributed by atoms with Crippen LogP contribution in [0.4, 0.5) is 5.69 Å². The summed E-state index contributed by atoms with van der Waals surface area (Å²) in [6.45, 7) is 4.35. The molecule has 0 saturated heterocycles. The topological polar surface area (TPSA) is 42.4 Å². The molecule has 35 heavy (non-hydrogen) atoms. The van der Waals surface area contributed by atoms with Gasteiger partial charge in [-0.05, 0) is 41.0 Å². The predicted octanol–water partition coefficient (Wildman–Crippen LogP) is 6.88. The molecule has 176 valence electrons. The van der Waals surface area contributed by atoms with E-state index in [-0.39, 0.29) is 11.2 Å². The van der Waals surface area contributed by atoms with Crippen molar-refractivity contribution in [2.24, 2.45) is 0 Å². The van der Waals surface area contributed by atoms with E-state index in [0.29, 0.717) is 5.75 Å². The zero-order valence-electron chi connectivity index (χ0n) is 20.4. The molecule has 0 radical (unpaired) electrons. The second kappa shape index (κ2) is 9.23. The average Bonchev–Trinajstić information content (AvgIpc) is 3.07. The predicted molar refractivity (Wildman–Crippen MR) is 145 cm³/mol. The highest BCUT2D eigenvalue weighted by molar-refractivity contribution is 7.99. The molecular weight excluding hydrogens is 452 g/mol. The molecule has 1 aliphatic heterocycles. The van der Waals surface area contributed by atoms with Crippen molar-refractivity contribution >= 4 is 34.1 Å². The summed E-state index contributed by atoms with van der Waals surface area (Å²) in [6.07, 6.45) is 1.80. The molecule has 0 fully saturated rings. The summed E-state index contributed by atoms with van der Waals surface area (Å²) in [5.41, 5.74) is 6.26. The van der Waals surface area contributed by atoms with E-state index >= 15 is 0 Å². The summed E-state index contributed by atoms with van der Waals surface area (Å²) in [5, 5.41) is 1.88. The Morgan fingerprint density at radius 1 is 1.03 bits per heavy atom. The first-order valence-corrected chi connectivity index (χ1v) is 12.6. The Hall–Kier alpha value is -3.57. The second-order valence-corrected chi connectivity index (χ2v) is 10.2. The molecule has 1 aromatic heterocycles. The van der Waals surface area contributed by atoms with Crippen LogP contribution in [-0.4, -0.2) is 30.7 Å². The van der Waals surface area contributed by atoms with Gasteiger partial charge < -0.3 is 9.64 Å². The smallest absolute Gasteiger partial charge is 0.167 e. The zero-order chi connectivity index (χ0) is 24.6. The Morgan fingerprint density at radius 2 is 1.77 bits per heavy atom. The number of allylic oxidation sites excluding steroid dienone is 2. The van der Waals surface area contributed by atoms with Crippen LogP contribution in [0.25, 0.3) is 22.0 Å². The third kappa shape index (κ3) is 4.32. The van der Waals surface area contributed by atoms with Crippen molar-refractivity contribution in [3.05, 3.63) is 96.2 Å². The lowest BCUT2D eigenvalue weighted by atomic mass is 9.83. The van der Waals surface area contributed by atoms with Crippen LogP contribution in [0.5, 0.6) is 5.75 Å². The Morgan fingerprint density at radius 3 is 2.51 bits per heavy atom. The van der Waals surface area contributed by atoms with Crippen LogP contribution < -0.4 is 9.64 Å². The van der Waals surface area contributed by atoms with Gasteiger partial charge >= 0.3 is 0 Å². The number of ketones is 1. The van der Waals surface area contributed by atoms with Crippen LogP contribution in [0.3, 0.4) is 0 Å². The molecule has 0 saturated carbocycles. The molecule has 3 aromatic carbocycles. The average molecular weight is 481 g/mol. The van der Waals surface area contributed by atoms with Gasteiger partial charge in [-0.3, -0.25) is 4.79 Å². The van der Waals surface area contributed by atoms with E-state index in [2.05, 4.69) is 55.1 Å². The maximum Gasteiger partial charge on any atom is 0.167 e. The first-order chi connectivity index (χ1) is 16.9. The van der Waals surface area contributed by atoms with Crippen molar-refractivity contribution in [3.63, 3.8) is 0 Å². The van der Waals surface area contributed by atoms with Crippen LogP contribution >= 0.6 is 11.8 Å². The number of para-hydroxylation sites is 1. The van der Waals surface area contributed by atoms with Gasteiger partial charge in [-0.25, -0.2) is 4.98 Å². The standard InChI is InChI=1S/C30H28N2O2S/c1-30(2)25-12-8-9-13-27(25)32(3)28(30)16-21(33)19-35-29-18-24(20-10-6-5-7-11-20)23-15-14-22(34-4)17-26(23)31-29/h5-18H,19H2,1-4H3/b28-16+. The van der Waals surface area contributed by atoms with E-state index in [0.717, 1.165) is 44.2 Å². The summed E-state index contributed by atoms with van der Waals surface area (Å²) < 4.78 is 5.42. The molecule has 0 N–H and O–H groups in total. The summed E-state index contributed by atoms with van der Waals surface area (Å²) in [6, 6.07) is 26.6. The van der Waals surface area contributed by atoms with Crippen molar-refractivity contribution in [2.75, 3.05) is 24.8 Å². The number of anilines is 1. The van der Waals surface area contributed by atoms with Crippen molar-refractivity contribution < 1.29 is 9.53 Å². The van der Waals surface area contributed by atoms with Crippen LogP contribution in [0, 0.1) is 0 Å². The third-order valence-electron chi connectivity index (χ3n) is 6.68. The zero-order valence-corrected chi connectivity index (χ0v) is 21.2. The lowest BCUT2D eigenvalue weighted by molar-refractivity contribution is -0.112. The molecule has 0 atom stereocenters. The van der Waals surface area contributed by atoms with Gasteiger partial charge in [0.1, 0.15) is 5.75 Å². The number of methoxy groups -OCH3 is 1. The van der Waals surface area contributed by atoms with Crippen molar-refractivity contribution in [2.45, 2.75) is 24.3 Å². The number of likely N-dealkylation sites (N-methyl/N-ethyl adjacent to an activating group) is 1. The van der Waals surface area contributed by atoms with Crippen molar-refractivity contribution in [1.82, 2.24) is 4.98 Å². The number of aromatic nitrogens is 1. The SMILES string of the molecule is COc1ccc2c(-c3ccccc3)cc(SCC(=O)/C=C3/N(C)c4ccccc4C3(C)C)nc2c1. The largest absolute Gasteiger partial charge is 0.497 e. The van der Waals surface area contributed by atoms with Gasteiger partial charge in [-0.2, -0.15) is 0 Å². The highest BCUT2D eigenvalue weighted by Crippen LogP contribution is 2.46. The lowest BCUT2D eigenvalue weighted by Crippen LogP contribution is -2.24. The van der Waals surface area contributed by atoms with Crippen LogP contribution in [0.1, 0.15) is 19.4 Å². The number of hydrogen-bond donors (Lipinski definition) is 0. The number of carbonyl (C=O) groups excluding carboxylic acids is 1. The minimum Gasteiger partial charge on any atom is -0.497 e. The lowest BCUT2D eigenvalue weighted by Gasteiger charge is -2.23. The van der Waals surface area contributed by atoms with Crippen molar-refractivity contribution in [3.8, 4) is 16.9 Å². The number of nitrogens with zero attached hydrogens (tertiary/aromatic N) is 2. The molecule has 0 aliphatic carbocycles. The third-order valence-corrected chi connectivity index (χ3v) is 7.61. The van der Waals surface area contributed by atoms with E-state index in [1.54, 1.807) is 13.2 Å². The number of carbonyl (C=O) groups is 1. The van der Waals surface area contributed by atoms with Gasteiger partial charge in [-0.1, -0.05) is 74.1 Å². The second-order valence-electron chi connectivity index (χ2n) is 9.24. The molecule has 0 spiro atoms. The monoisotopic (exact) mass is 480 g/mol. The van der Waals surface area contributed by atoms with E-state index in [4.69, 9.17) is 9.72 Å². The highest BCUT2D eigenvalue weighted by atomic mass is 32.2. The van der Waals surface area contributed by atoms with Crippen LogP contribution in [0.2, 0.25) is 0 Å². The summed E-state index contributed by atoms with van der Waals surface area (Å²) in [4.78, 5) is 20.1. The first-order valence-electron chi connectivity index (χ1n) is 11.6. The molecule has 5 rings (SSSR count). The van der Waals surface area contributed by atoms with Gasteiger partial charge in [-0.15, -0.1) is 0 Å². The number of fused-ring (bicyclic) bond motifs is 2. The fraction of sp³-hybridized carbons (Fsp3) is 0.200. The van der Waals surface area contributed by atoms with E-state index in [9.17, 15) is 4.79 Å². The number of thioether (sulfide) groups is 1. The maximum atomic E-state index is 13.1. The Labute approximate surface area is 210 Å². The maximum absolute atomic E-state index is 13.1. The van der Waals surface area contributed by atoms with Crippen molar-refractivity contribution in [1.29, 1.82) is 0 Å². The number of benzene rings is 3. The van der Waals surface area contributed by atoms with E-state index in [1.165, 1.54) is 17.3 Å². The minimum atomic E-state index is -0.218. The number of hydrogen-bond acceptors (Lipinski definition) is 5. The number of ether oxygens (including phenoxy) is 1. The fourth-order valence-corrected chi connectivity index (χ4v) is 5.58. The molecule has 2 heterocycles. The molecule has 0 bridgehead atoms. The minimum absolute atomic E-state index is 0.0755. The van der Waals surface area contributed by atoms with Gasteiger partial charge in [0.2, 0.25) is 0 Å². The van der Waals surface area contributed by atoms with E-state index < -0.39 is 0 Å². The van der Waals surface area contributed by atoms with Gasteiger partial charge in [0.25, 0.3) is 0 Å². The molecular formula is C30H28N2O2S. The molecule has 0 amide bonds. The molecule has 1 aliphatic rings. The van der Waals surface area contributed by atoms with Gasteiger partial charge in [0, 0.05) is 41.4 Å². The van der Waals surface area contributed by atoms with Crippen LogP contribution in [0.15, 0.2) is 95.7 Å². The van der Waals surface area contributed by atoms with Crippen LogP contribution in [-0.2, 0) is 10.2 Å². The molecule has 0 unspecified atom stereocenters. The number of pyridine rings is 1. The van der Waals surface area contributed by atoms with Gasteiger partial charge in [0.05, 0.1) is 23.4 Å². The molecule has 5 heteroatoms. The Kier molecular flexibility index (Phi) is 6.12. The highest BCUT2D eigenvalue weighted by Gasteiger charge is 2.38. The molecule has 4 aromatic rings. The fourth-order valence-electron chi connectivity index (χ4n) is 4.84. The Balaban J connectivity index is 1.44. The summed E-state index contributed by atoms with van der Waals surface area (Å²) in [7, 11) is 3.69. The first kappa shape index (κ1) is 23.2. The van der Waals surface area contributed by atoms with E-state index in [1.807, 2.05) is 49.5 Å². The summed E-state index contributed by atoms with van der Waals surface area (Å²) >= 11 is 1.47.